The summed E-state index contributed by atoms with van der Waals surface area (Å²) >= 11 is 0. The number of nitrogens with one attached hydrogen (secondary N) is 1. The maximum atomic E-state index is 12.8. The van der Waals surface area contributed by atoms with Crippen LogP contribution in [-0.2, 0) is 0 Å². The minimum Gasteiger partial charge on any atom is -0.322 e. The summed E-state index contributed by atoms with van der Waals surface area (Å²) in [6, 6.07) is 7.23. The highest BCUT2D eigenvalue weighted by Gasteiger charge is 2.32. The molecule has 132 valence electrons. The normalized spacial score (nSPS) is 19.2. The van der Waals surface area contributed by atoms with Crippen molar-refractivity contribution in [2.75, 3.05) is 31.5 Å². The Labute approximate surface area is 146 Å². The lowest BCUT2D eigenvalue weighted by atomic mass is 9.93. The molecule has 2 aliphatic rings. The molecule has 0 atom stereocenters. The quantitative estimate of drug-likeness (QED) is 0.896. The first-order valence-electron chi connectivity index (χ1n) is 9.40. The van der Waals surface area contributed by atoms with Gasteiger partial charge in [0, 0.05) is 37.9 Å². The lowest BCUT2D eigenvalue weighted by Crippen LogP contribution is -2.50. The van der Waals surface area contributed by atoms with Crippen LogP contribution in [0, 0.1) is 0 Å². The van der Waals surface area contributed by atoms with Gasteiger partial charge in [-0.05, 0) is 35.8 Å². The average Bonchev–Trinajstić information content (AvgIpc) is 3.39. The Morgan fingerprint density at radius 3 is 2.00 bits per heavy atom. The van der Waals surface area contributed by atoms with Gasteiger partial charge in [-0.1, -0.05) is 45.9 Å². The number of para-hydroxylation sites is 1. The van der Waals surface area contributed by atoms with Gasteiger partial charge in [-0.3, -0.25) is 4.90 Å². The topological polar surface area (TPSA) is 35.6 Å². The molecule has 0 spiro atoms. The van der Waals surface area contributed by atoms with E-state index < -0.39 is 0 Å². The van der Waals surface area contributed by atoms with Crippen molar-refractivity contribution in [3.63, 3.8) is 0 Å². The highest BCUT2D eigenvalue weighted by Crippen LogP contribution is 2.33. The van der Waals surface area contributed by atoms with Crippen LogP contribution in [0.2, 0.25) is 0 Å². The number of rotatable bonds is 4. The van der Waals surface area contributed by atoms with E-state index in [0.717, 1.165) is 37.9 Å². The summed E-state index contributed by atoms with van der Waals surface area (Å²) in [5.74, 6) is 0.788. The molecule has 4 heteroatoms. The standard InChI is InChI=1S/C20H31N3O/c1-14(2)17-6-5-7-18(15(3)4)19(17)21-20(24)23-12-10-22(11-13-23)16-8-9-16/h5-7,14-16H,8-13H2,1-4H3,(H,21,24). The first-order valence-corrected chi connectivity index (χ1v) is 9.40. The number of carbonyl (C=O) groups is 1. The third kappa shape index (κ3) is 3.75. The molecule has 4 nitrogen and oxygen atoms in total. The second-order valence-corrected chi connectivity index (χ2v) is 7.81. The van der Waals surface area contributed by atoms with Crippen LogP contribution in [0.5, 0.6) is 0 Å². The molecule has 0 bridgehead atoms. The third-order valence-electron chi connectivity index (χ3n) is 5.27. The zero-order chi connectivity index (χ0) is 17.3. The van der Waals surface area contributed by atoms with Gasteiger partial charge in [-0.2, -0.15) is 0 Å². The van der Waals surface area contributed by atoms with Crippen molar-refractivity contribution in [2.45, 2.75) is 58.4 Å². The van der Waals surface area contributed by atoms with Crippen LogP contribution in [0.25, 0.3) is 0 Å². The SMILES string of the molecule is CC(C)c1cccc(C(C)C)c1NC(=O)N1CCN(C2CC2)CC1. The number of carbonyl (C=O) groups excluding carboxylic acids is 1. The fourth-order valence-corrected chi connectivity index (χ4v) is 3.61. The van der Waals surface area contributed by atoms with Gasteiger partial charge in [0.25, 0.3) is 0 Å². The van der Waals surface area contributed by atoms with Gasteiger partial charge in [0.2, 0.25) is 0 Å². The summed E-state index contributed by atoms with van der Waals surface area (Å²) < 4.78 is 0. The molecule has 1 saturated carbocycles. The Morgan fingerprint density at radius 2 is 1.54 bits per heavy atom. The zero-order valence-electron chi connectivity index (χ0n) is 15.5. The van der Waals surface area contributed by atoms with Gasteiger partial charge in [-0.15, -0.1) is 0 Å². The first kappa shape index (κ1) is 17.3. The minimum atomic E-state index is 0.0560. The summed E-state index contributed by atoms with van der Waals surface area (Å²) in [6.45, 7) is 12.4. The van der Waals surface area contributed by atoms with E-state index in [1.54, 1.807) is 0 Å². The Kier molecular flexibility index (Phi) is 5.14. The molecule has 1 heterocycles. The predicted octanol–water partition coefficient (Wildman–Crippen LogP) is 4.25. The summed E-state index contributed by atoms with van der Waals surface area (Å²) in [6.07, 6.45) is 2.68. The molecule has 1 aliphatic heterocycles. The van der Waals surface area contributed by atoms with Gasteiger partial charge in [0.15, 0.2) is 0 Å². The molecular formula is C20H31N3O. The fourth-order valence-electron chi connectivity index (χ4n) is 3.61. The molecular weight excluding hydrogens is 298 g/mol. The second kappa shape index (κ2) is 7.14. The summed E-state index contributed by atoms with van der Waals surface area (Å²) in [5, 5.41) is 3.24. The van der Waals surface area contributed by atoms with Crippen LogP contribution in [0.15, 0.2) is 18.2 Å². The number of amides is 2. The maximum absolute atomic E-state index is 12.8. The van der Waals surface area contributed by atoms with E-state index in [4.69, 9.17) is 0 Å². The van der Waals surface area contributed by atoms with Crippen molar-refractivity contribution in [1.82, 2.24) is 9.80 Å². The highest BCUT2D eigenvalue weighted by molar-refractivity contribution is 5.91. The monoisotopic (exact) mass is 329 g/mol. The summed E-state index contributed by atoms with van der Waals surface area (Å²) in [5.41, 5.74) is 3.48. The van der Waals surface area contributed by atoms with E-state index in [1.807, 2.05) is 4.90 Å². The van der Waals surface area contributed by atoms with Crippen LogP contribution in [0.4, 0.5) is 10.5 Å². The Hall–Kier alpha value is -1.55. The lowest BCUT2D eigenvalue weighted by molar-refractivity contribution is 0.142. The Bertz CT molecular complexity index is 558. The molecule has 1 aromatic carbocycles. The molecule has 1 aliphatic carbocycles. The molecule has 3 rings (SSSR count). The van der Waals surface area contributed by atoms with E-state index in [9.17, 15) is 4.79 Å². The molecule has 1 N–H and O–H groups in total. The first-order chi connectivity index (χ1) is 11.5. The Balaban J connectivity index is 1.71. The Morgan fingerprint density at radius 1 is 1.00 bits per heavy atom. The average molecular weight is 329 g/mol. The van der Waals surface area contributed by atoms with Crippen molar-refractivity contribution < 1.29 is 4.79 Å². The molecule has 0 unspecified atom stereocenters. The van der Waals surface area contributed by atoms with Gasteiger partial charge in [-0.25, -0.2) is 4.79 Å². The number of hydrogen-bond acceptors (Lipinski definition) is 2. The molecule has 1 aromatic rings. The number of piperazine rings is 1. The van der Waals surface area contributed by atoms with E-state index in [2.05, 4.69) is 56.1 Å². The predicted molar refractivity (Wildman–Crippen MR) is 99.8 cm³/mol. The summed E-state index contributed by atoms with van der Waals surface area (Å²) in [4.78, 5) is 17.3. The molecule has 0 aromatic heterocycles. The van der Waals surface area contributed by atoms with Gasteiger partial charge < -0.3 is 10.2 Å². The highest BCUT2D eigenvalue weighted by atomic mass is 16.2. The van der Waals surface area contributed by atoms with E-state index >= 15 is 0 Å². The number of benzene rings is 1. The fraction of sp³-hybridized carbons (Fsp3) is 0.650. The van der Waals surface area contributed by atoms with Crippen molar-refractivity contribution in [2.24, 2.45) is 0 Å². The number of anilines is 1. The van der Waals surface area contributed by atoms with Crippen LogP contribution in [0.1, 0.15) is 63.5 Å². The molecule has 24 heavy (non-hydrogen) atoms. The minimum absolute atomic E-state index is 0.0560. The van der Waals surface area contributed by atoms with Crippen LogP contribution >= 0.6 is 0 Å². The van der Waals surface area contributed by atoms with Crippen molar-refractivity contribution in [1.29, 1.82) is 0 Å². The molecule has 0 radical (unpaired) electrons. The largest absolute Gasteiger partial charge is 0.322 e. The number of urea groups is 1. The van der Waals surface area contributed by atoms with Crippen LogP contribution in [0.3, 0.4) is 0 Å². The van der Waals surface area contributed by atoms with Crippen LogP contribution < -0.4 is 5.32 Å². The smallest absolute Gasteiger partial charge is 0.321 e. The molecule has 2 fully saturated rings. The number of hydrogen-bond donors (Lipinski definition) is 1. The molecule has 1 saturated heterocycles. The van der Waals surface area contributed by atoms with Gasteiger partial charge >= 0.3 is 6.03 Å². The van der Waals surface area contributed by atoms with Crippen LogP contribution in [-0.4, -0.2) is 48.1 Å². The van der Waals surface area contributed by atoms with E-state index in [0.29, 0.717) is 11.8 Å². The van der Waals surface area contributed by atoms with Crippen molar-refractivity contribution in [3.8, 4) is 0 Å². The lowest BCUT2D eigenvalue weighted by Gasteiger charge is -2.35. The van der Waals surface area contributed by atoms with Crippen molar-refractivity contribution >= 4 is 11.7 Å². The second-order valence-electron chi connectivity index (χ2n) is 7.81. The van der Waals surface area contributed by atoms with Crippen molar-refractivity contribution in [3.05, 3.63) is 29.3 Å². The summed E-state index contributed by atoms with van der Waals surface area (Å²) in [7, 11) is 0. The maximum Gasteiger partial charge on any atom is 0.321 e. The van der Waals surface area contributed by atoms with E-state index in [-0.39, 0.29) is 6.03 Å². The third-order valence-corrected chi connectivity index (χ3v) is 5.27. The number of nitrogens with zero attached hydrogens (tertiary/aromatic N) is 2. The van der Waals surface area contributed by atoms with E-state index in [1.165, 1.54) is 24.0 Å². The van der Waals surface area contributed by atoms with Gasteiger partial charge in [0.1, 0.15) is 0 Å². The zero-order valence-corrected chi connectivity index (χ0v) is 15.5. The molecule has 2 amide bonds. The van der Waals surface area contributed by atoms with Gasteiger partial charge in [0.05, 0.1) is 0 Å².